The quantitative estimate of drug-likeness (QED) is 0.595. The molecule has 0 saturated carbocycles. The minimum Gasteiger partial charge on any atom is -0.242 e. The van der Waals surface area contributed by atoms with Crippen molar-refractivity contribution in [2.75, 3.05) is 0 Å². The molecule has 0 aliphatic carbocycles. The number of aromatic nitrogens is 4. The molecule has 0 atom stereocenters. The first-order valence-corrected chi connectivity index (χ1v) is 5.60. The van der Waals surface area contributed by atoms with Gasteiger partial charge < -0.3 is 0 Å². The predicted octanol–water partition coefficient (Wildman–Crippen LogP) is 2.50. The van der Waals surface area contributed by atoms with Crippen LogP contribution in [0.5, 0.6) is 0 Å². The molecule has 0 aliphatic rings. The van der Waals surface area contributed by atoms with Crippen molar-refractivity contribution in [2.24, 2.45) is 0 Å². The van der Waals surface area contributed by atoms with Crippen molar-refractivity contribution in [3.8, 4) is 11.5 Å². The van der Waals surface area contributed by atoms with E-state index in [2.05, 4.69) is 42.5 Å². The lowest BCUT2D eigenvalue weighted by Crippen LogP contribution is -1.96. The van der Waals surface area contributed by atoms with Crippen LogP contribution >= 0.6 is 34.2 Å². The summed E-state index contributed by atoms with van der Waals surface area (Å²) in [6.45, 7) is 1.82. The van der Waals surface area contributed by atoms with Gasteiger partial charge in [-0.15, -0.1) is 0 Å². The standard InChI is InChI=1S/C9H6ClIN4/c1-5-12-3-2-7(14-5)9-13-4-6(11)8(10)15-9/h2-4H,1H3. The molecule has 0 aliphatic heterocycles. The molecule has 0 spiro atoms. The van der Waals surface area contributed by atoms with Crippen LogP contribution in [0.3, 0.4) is 0 Å². The highest BCUT2D eigenvalue weighted by atomic mass is 127. The first-order valence-electron chi connectivity index (χ1n) is 4.15. The number of rotatable bonds is 1. The summed E-state index contributed by atoms with van der Waals surface area (Å²) in [4.78, 5) is 16.5. The summed E-state index contributed by atoms with van der Waals surface area (Å²) in [7, 11) is 0. The van der Waals surface area contributed by atoms with Gasteiger partial charge in [-0.3, -0.25) is 0 Å². The maximum atomic E-state index is 5.90. The number of halogens is 2. The fourth-order valence-electron chi connectivity index (χ4n) is 1.05. The van der Waals surface area contributed by atoms with E-state index in [1.54, 1.807) is 18.5 Å². The fraction of sp³-hybridized carbons (Fsp3) is 0.111. The van der Waals surface area contributed by atoms with Crippen LogP contribution in [0.4, 0.5) is 0 Å². The Morgan fingerprint density at radius 2 is 2.07 bits per heavy atom. The average Bonchev–Trinajstić information content (AvgIpc) is 2.22. The van der Waals surface area contributed by atoms with E-state index >= 15 is 0 Å². The maximum Gasteiger partial charge on any atom is 0.179 e. The molecule has 0 bridgehead atoms. The zero-order chi connectivity index (χ0) is 10.8. The van der Waals surface area contributed by atoms with Crippen LogP contribution in [-0.4, -0.2) is 19.9 Å². The van der Waals surface area contributed by atoms with Gasteiger partial charge in [0.15, 0.2) is 5.82 Å². The number of hydrogen-bond donors (Lipinski definition) is 0. The van der Waals surface area contributed by atoms with Crippen molar-refractivity contribution >= 4 is 34.2 Å². The largest absolute Gasteiger partial charge is 0.242 e. The van der Waals surface area contributed by atoms with Crippen molar-refractivity contribution in [3.63, 3.8) is 0 Å². The van der Waals surface area contributed by atoms with Crippen molar-refractivity contribution in [1.82, 2.24) is 19.9 Å². The van der Waals surface area contributed by atoms with Crippen LogP contribution in [0.25, 0.3) is 11.5 Å². The van der Waals surface area contributed by atoms with Crippen molar-refractivity contribution in [1.29, 1.82) is 0 Å². The summed E-state index contributed by atoms with van der Waals surface area (Å²) in [5.74, 6) is 1.21. The topological polar surface area (TPSA) is 51.6 Å². The van der Waals surface area contributed by atoms with E-state index in [9.17, 15) is 0 Å². The summed E-state index contributed by atoms with van der Waals surface area (Å²) in [5.41, 5.74) is 0.681. The van der Waals surface area contributed by atoms with Crippen LogP contribution in [0.15, 0.2) is 18.5 Å². The smallest absolute Gasteiger partial charge is 0.179 e. The van der Waals surface area contributed by atoms with E-state index in [1.165, 1.54) is 0 Å². The van der Waals surface area contributed by atoms with Gasteiger partial charge in [0.05, 0.1) is 3.57 Å². The molecule has 15 heavy (non-hydrogen) atoms. The van der Waals surface area contributed by atoms with E-state index in [1.807, 2.05) is 6.92 Å². The van der Waals surface area contributed by atoms with Gasteiger partial charge in [-0.2, -0.15) is 0 Å². The molecule has 0 radical (unpaired) electrons. The highest BCUT2D eigenvalue weighted by Crippen LogP contribution is 2.18. The average molecular weight is 333 g/mol. The molecular weight excluding hydrogens is 326 g/mol. The van der Waals surface area contributed by atoms with E-state index in [0.717, 1.165) is 3.57 Å². The molecule has 2 rings (SSSR count). The van der Waals surface area contributed by atoms with Gasteiger partial charge in [0.2, 0.25) is 0 Å². The predicted molar refractivity (Wildman–Crippen MR) is 65.5 cm³/mol. The molecule has 2 aromatic rings. The monoisotopic (exact) mass is 332 g/mol. The van der Waals surface area contributed by atoms with Gasteiger partial charge >= 0.3 is 0 Å². The fourth-order valence-corrected chi connectivity index (χ4v) is 1.44. The van der Waals surface area contributed by atoms with Gasteiger partial charge in [0, 0.05) is 12.4 Å². The van der Waals surface area contributed by atoms with Crippen LogP contribution in [0, 0.1) is 10.5 Å². The lowest BCUT2D eigenvalue weighted by molar-refractivity contribution is 1.03. The summed E-state index contributed by atoms with van der Waals surface area (Å²) < 4.78 is 0.823. The molecule has 2 aromatic heterocycles. The Morgan fingerprint density at radius 1 is 1.27 bits per heavy atom. The summed E-state index contributed by atoms with van der Waals surface area (Å²) >= 11 is 7.98. The van der Waals surface area contributed by atoms with Gasteiger partial charge in [0.1, 0.15) is 16.7 Å². The zero-order valence-electron chi connectivity index (χ0n) is 7.78. The first kappa shape index (κ1) is 10.7. The molecule has 0 N–H and O–H groups in total. The van der Waals surface area contributed by atoms with Gasteiger partial charge in [-0.1, -0.05) is 11.6 Å². The molecule has 0 unspecified atom stereocenters. The molecule has 2 heterocycles. The molecule has 0 amide bonds. The highest BCUT2D eigenvalue weighted by Gasteiger charge is 2.06. The van der Waals surface area contributed by atoms with E-state index in [0.29, 0.717) is 22.5 Å². The summed E-state index contributed by atoms with van der Waals surface area (Å²) in [6.07, 6.45) is 3.34. The SMILES string of the molecule is Cc1nccc(-c2ncc(I)c(Cl)n2)n1. The maximum absolute atomic E-state index is 5.90. The Bertz CT molecular complexity index is 503. The third-order valence-electron chi connectivity index (χ3n) is 1.71. The van der Waals surface area contributed by atoms with Gasteiger partial charge in [0.25, 0.3) is 0 Å². The summed E-state index contributed by atoms with van der Waals surface area (Å²) in [6, 6.07) is 1.76. The lowest BCUT2D eigenvalue weighted by Gasteiger charge is -2.00. The van der Waals surface area contributed by atoms with Gasteiger partial charge in [-0.05, 0) is 35.6 Å². The Hall–Kier alpha value is -0.820. The van der Waals surface area contributed by atoms with E-state index in [-0.39, 0.29) is 0 Å². The third kappa shape index (κ3) is 2.40. The lowest BCUT2D eigenvalue weighted by atomic mass is 10.3. The van der Waals surface area contributed by atoms with E-state index < -0.39 is 0 Å². The molecule has 6 heteroatoms. The van der Waals surface area contributed by atoms with Crippen molar-refractivity contribution < 1.29 is 0 Å². The Balaban J connectivity index is 2.50. The number of nitrogens with zero attached hydrogens (tertiary/aromatic N) is 4. The van der Waals surface area contributed by atoms with Crippen LogP contribution in [0.2, 0.25) is 5.15 Å². The second kappa shape index (κ2) is 4.36. The zero-order valence-corrected chi connectivity index (χ0v) is 10.7. The third-order valence-corrected chi connectivity index (χ3v) is 3.10. The van der Waals surface area contributed by atoms with Crippen LogP contribution in [0.1, 0.15) is 5.82 Å². The number of aryl methyl sites for hydroxylation is 1. The van der Waals surface area contributed by atoms with Crippen molar-refractivity contribution in [2.45, 2.75) is 6.92 Å². The molecule has 0 aromatic carbocycles. The Morgan fingerprint density at radius 3 is 2.73 bits per heavy atom. The molecule has 4 nitrogen and oxygen atoms in total. The molecule has 76 valence electrons. The number of hydrogen-bond acceptors (Lipinski definition) is 4. The highest BCUT2D eigenvalue weighted by molar-refractivity contribution is 14.1. The molecule has 0 saturated heterocycles. The minimum atomic E-state index is 0.442. The Kier molecular flexibility index (Phi) is 3.11. The van der Waals surface area contributed by atoms with Crippen LogP contribution < -0.4 is 0 Å². The normalized spacial score (nSPS) is 10.3. The second-order valence-electron chi connectivity index (χ2n) is 2.82. The van der Waals surface area contributed by atoms with Crippen LogP contribution in [-0.2, 0) is 0 Å². The first-order chi connectivity index (χ1) is 7.16. The molecule has 0 fully saturated rings. The molecular formula is C9H6ClIN4. The minimum absolute atomic E-state index is 0.442. The summed E-state index contributed by atoms with van der Waals surface area (Å²) in [5, 5.41) is 0.442. The second-order valence-corrected chi connectivity index (χ2v) is 4.34. The Labute approximate surface area is 105 Å². The van der Waals surface area contributed by atoms with E-state index in [4.69, 9.17) is 11.6 Å². The van der Waals surface area contributed by atoms with Gasteiger partial charge in [-0.25, -0.2) is 19.9 Å². The van der Waals surface area contributed by atoms with Crippen molar-refractivity contribution in [3.05, 3.63) is 33.0 Å².